The second-order valence-electron chi connectivity index (χ2n) is 6.02. The third kappa shape index (κ3) is 2.52. The Bertz CT molecular complexity index is 264. The first kappa shape index (κ1) is 11.0. The maximum Gasteiger partial charge on any atom is 0.0669 e. The van der Waals surface area contributed by atoms with E-state index in [0.29, 0.717) is 11.3 Å². The summed E-state index contributed by atoms with van der Waals surface area (Å²) in [6, 6.07) is 3.17. The zero-order valence-corrected chi connectivity index (χ0v) is 10.00. The molecule has 2 nitrogen and oxygen atoms in total. The summed E-state index contributed by atoms with van der Waals surface area (Å²) in [4.78, 5) is 2.56. The molecule has 1 unspecified atom stereocenters. The van der Waals surface area contributed by atoms with E-state index in [2.05, 4.69) is 24.8 Å². The van der Waals surface area contributed by atoms with Gasteiger partial charge in [-0.05, 0) is 37.6 Å². The Hall–Kier alpha value is -0.550. The average Bonchev–Trinajstić information content (AvgIpc) is 2.64. The van der Waals surface area contributed by atoms with Crippen LogP contribution in [0.3, 0.4) is 0 Å². The summed E-state index contributed by atoms with van der Waals surface area (Å²) >= 11 is 0. The first-order valence-electron chi connectivity index (χ1n) is 6.24. The molecule has 15 heavy (non-hydrogen) atoms. The summed E-state index contributed by atoms with van der Waals surface area (Å²) in [7, 11) is 0. The number of rotatable bonds is 1. The van der Waals surface area contributed by atoms with Crippen LogP contribution in [0.2, 0.25) is 0 Å². The number of hydrogen-bond acceptors (Lipinski definition) is 2. The zero-order chi connectivity index (χ0) is 10.9. The van der Waals surface area contributed by atoms with Crippen LogP contribution in [-0.2, 0) is 0 Å². The highest BCUT2D eigenvalue weighted by molar-refractivity contribution is 4.95. The maximum atomic E-state index is 8.91. The van der Waals surface area contributed by atoms with Gasteiger partial charge < -0.3 is 0 Å². The van der Waals surface area contributed by atoms with Gasteiger partial charge in [0.1, 0.15) is 0 Å². The van der Waals surface area contributed by atoms with E-state index in [0.717, 1.165) is 25.6 Å². The molecule has 2 atom stereocenters. The van der Waals surface area contributed by atoms with E-state index in [1.54, 1.807) is 0 Å². The first-order chi connectivity index (χ1) is 7.11. The van der Waals surface area contributed by atoms with Crippen LogP contribution in [0.15, 0.2) is 0 Å². The van der Waals surface area contributed by atoms with Crippen molar-refractivity contribution in [3.05, 3.63) is 0 Å². The molecule has 1 aliphatic heterocycles. The van der Waals surface area contributed by atoms with E-state index in [1.165, 1.54) is 25.7 Å². The van der Waals surface area contributed by atoms with E-state index in [1.807, 2.05) is 0 Å². The van der Waals surface area contributed by atoms with Gasteiger partial charge in [0.2, 0.25) is 0 Å². The number of nitriles is 1. The molecule has 0 bridgehead atoms. The van der Waals surface area contributed by atoms with Crippen LogP contribution in [0.5, 0.6) is 0 Å². The summed E-state index contributed by atoms with van der Waals surface area (Å²) < 4.78 is 0. The summed E-state index contributed by atoms with van der Waals surface area (Å²) in [5.41, 5.74) is 0.521. The molecule has 1 heterocycles. The number of nitrogens with zero attached hydrogens (tertiary/aromatic N) is 2. The lowest BCUT2D eigenvalue weighted by atomic mass is 9.75. The topological polar surface area (TPSA) is 27.0 Å². The fraction of sp³-hybridized carbons (Fsp3) is 0.923. The van der Waals surface area contributed by atoms with Crippen LogP contribution in [0.4, 0.5) is 0 Å². The molecule has 0 spiro atoms. The highest BCUT2D eigenvalue weighted by atomic mass is 15.2. The van der Waals surface area contributed by atoms with Gasteiger partial charge in [-0.15, -0.1) is 0 Å². The molecule has 2 heteroatoms. The first-order valence-corrected chi connectivity index (χ1v) is 6.24. The van der Waals surface area contributed by atoms with Crippen LogP contribution >= 0.6 is 0 Å². The van der Waals surface area contributed by atoms with E-state index < -0.39 is 0 Å². The van der Waals surface area contributed by atoms with Gasteiger partial charge in [0.05, 0.1) is 12.0 Å². The average molecular weight is 206 g/mol. The normalized spacial score (nSPS) is 36.3. The lowest BCUT2D eigenvalue weighted by Crippen LogP contribution is -2.39. The number of hydrogen-bond donors (Lipinski definition) is 0. The van der Waals surface area contributed by atoms with E-state index >= 15 is 0 Å². The van der Waals surface area contributed by atoms with Crippen molar-refractivity contribution in [1.82, 2.24) is 4.90 Å². The van der Waals surface area contributed by atoms with Crippen LogP contribution < -0.4 is 0 Å². The SMILES string of the molecule is CC1(C)CCC[C@@H](N2CCC(C#N)C2)C1. The van der Waals surface area contributed by atoms with Crippen molar-refractivity contribution in [2.24, 2.45) is 11.3 Å². The Balaban J connectivity index is 1.92. The van der Waals surface area contributed by atoms with E-state index in [9.17, 15) is 0 Å². The van der Waals surface area contributed by atoms with Crippen LogP contribution in [0.1, 0.15) is 46.0 Å². The second kappa shape index (κ2) is 4.14. The third-order valence-electron chi connectivity index (χ3n) is 4.10. The molecule has 84 valence electrons. The van der Waals surface area contributed by atoms with Gasteiger partial charge in [0.15, 0.2) is 0 Å². The molecule has 0 aromatic rings. The van der Waals surface area contributed by atoms with Crippen molar-refractivity contribution in [2.75, 3.05) is 13.1 Å². The highest BCUT2D eigenvalue weighted by Crippen LogP contribution is 2.38. The molecule has 0 radical (unpaired) electrons. The zero-order valence-electron chi connectivity index (χ0n) is 10.00. The summed E-state index contributed by atoms with van der Waals surface area (Å²) in [6.45, 7) is 6.95. The van der Waals surface area contributed by atoms with Gasteiger partial charge in [-0.3, -0.25) is 4.90 Å². The summed E-state index contributed by atoms with van der Waals surface area (Å²) in [5, 5.41) is 8.91. The molecule has 0 amide bonds. The Morgan fingerprint density at radius 2 is 2.13 bits per heavy atom. The lowest BCUT2D eigenvalue weighted by molar-refractivity contribution is 0.112. The van der Waals surface area contributed by atoms with E-state index in [-0.39, 0.29) is 0 Å². The van der Waals surface area contributed by atoms with Crippen molar-refractivity contribution < 1.29 is 0 Å². The third-order valence-corrected chi connectivity index (χ3v) is 4.10. The molecule has 1 aliphatic carbocycles. The Kier molecular flexibility index (Phi) is 3.02. The largest absolute Gasteiger partial charge is 0.299 e. The van der Waals surface area contributed by atoms with Crippen molar-refractivity contribution >= 4 is 0 Å². The van der Waals surface area contributed by atoms with Crippen LogP contribution in [0.25, 0.3) is 0 Å². The Labute approximate surface area is 93.3 Å². The standard InChI is InChI=1S/C13H22N2/c1-13(2)6-3-4-12(8-13)15-7-5-11(9-14)10-15/h11-12H,3-8,10H2,1-2H3/t11?,12-/m1/s1. The number of likely N-dealkylation sites (tertiary alicyclic amines) is 1. The summed E-state index contributed by atoms with van der Waals surface area (Å²) in [6.07, 6.45) is 6.50. The molecule has 2 rings (SSSR count). The fourth-order valence-electron chi connectivity index (χ4n) is 3.19. The van der Waals surface area contributed by atoms with Gasteiger partial charge in [-0.1, -0.05) is 20.3 Å². The molecule has 1 saturated heterocycles. The van der Waals surface area contributed by atoms with Crippen LogP contribution in [-0.4, -0.2) is 24.0 Å². The molecule has 2 fully saturated rings. The minimum atomic E-state index is 0.301. The second-order valence-corrected chi connectivity index (χ2v) is 6.02. The van der Waals surface area contributed by atoms with Gasteiger partial charge >= 0.3 is 0 Å². The molecule has 0 aromatic heterocycles. The summed E-state index contributed by atoms with van der Waals surface area (Å²) in [5.74, 6) is 0.301. The molecule has 2 aliphatic rings. The predicted molar refractivity (Wildman–Crippen MR) is 61.3 cm³/mol. The van der Waals surface area contributed by atoms with Gasteiger partial charge in [-0.2, -0.15) is 5.26 Å². The minimum Gasteiger partial charge on any atom is -0.299 e. The minimum absolute atomic E-state index is 0.301. The smallest absolute Gasteiger partial charge is 0.0669 e. The van der Waals surface area contributed by atoms with Crippen molar-refractivity contribution in [3.63, 3.8) is 0 Å². The molecule has 0 aromatic carbocycles. The maximum absolute atomic E-state index is 8.91. The fourth-order valence-corrected chi connectivity index (χ4v) is 3.19. The Morgan fingerprint density at radius 3 is 2.73 bits per heavy atom. The van der Waals surface area contributed by atoms with Gasteiger partial charge in [-0.25, -0.2) is 0 Å². The van der Waals surface area contributed by atoms with Gasteiger partial charge in [0.25, 0.3) is 0 Å². The molecular weight excluding hydrogens is 184 g/mol. The Morgan fingerprint density at radius 1 is 1.33 bits per heavy atom. The predicted octanol–water partition coefficient (Wildman–Crippen LogP) is 2.80. The monoisotopic (exact) mass is 206 g/mol. The lowest BCUT2D eigenvalue weighted by Gasteiger charge is -2.39. The van der Waals surface area contributed by atoms with Gasteiger partial charge in [0, 0.05) is 12.6 Å². The quantitative estimate of drug-likeness (QED) is 0.659. The highest BCUT2D eigenvalue weighted by Gasteiger charge is 2.34. The van der Waals surface area contributed by atoms with Crippen molar-refractivity contribution in [2.45, 2.75) is 52.0 Å². The molecule has 1 saturated carbocycles. The van der Waals surface area contributed by atoms with Crippen molar-refractivity contribution in [1.29, 1.82) is 5.26 Å². The van der Waals surface area contributed by atoms with Crippen molar-refractivity contribution in [3.8, 4) is 6.07 Å². The molecular formula is C13H22N2. The van der Waals surface area contributed by atoms with E-state index in [4.69, 9.17) is 5.26 Å². The molecule has 0 N–H and O–H groups in total. The van der Waals surface area contributed by atoms with Crippen LogP contribution in [0, 0.1) is 22.7 Å².